The van der Waals surface area contributed by atoms with Crippen LogP contribution in [0.3, 0.4) is 0 Å². The zero-order chi connectivity index (χ0) is 22.8. The Bertz CT molecular complexity index is 1150. The molecule has 1 saturated heterocycles. The van der Waals surface area contributed by atoms with Gasteiger partial charge < -0.3 is 25.0 Å². The lowest BCUT2D eigenvalue weighted by Gasteiger charge is -2.36. The van der Waals surface area contributed by atoms with Crippen LogP contribution in [-0.4, -0.2) is 54.7 Å². The van der Waals surface area contributed by atoms with Crippen LogP contribution < -0.4 is 25.0 Å². The molecule has 8 nitrogen and oxygen atoms in total. The summed E-state index contributed by atoms with van der Waals surface area (Å²) in [6.07, 6.45) is 8.16. The fourth-order valence-electron chi connectivity index (χ4n) is 4.56. The highest BCUT2D eigenvalue weighted by molar-refractivity contribution is 5.89. The predicted octanol–water partition coefficient (Wildman–Crippen LogP) is 3.93. The van der Waals surface area contributed by atoms with Crippen molar-refractivity contribution in [2.75, 3.05) is 44.1 Å². The highest BCUT2D eigenvalue weighted by Crippen LogP contribution is 2.37. The van der Waals surface area contributed by atoms with Crippen LogP contribution in [0.5, 0.6) is 11.5 Å². The van der Waals surface area contributed by atoms with Crippen LogP contribution in [0.15, 0.2) is 42.7 Å². The fourth-order valence-corrected chi connectivity index (χ4v) is 4.56. The smallest absolute Gasteiger partial charge is 0.134 e. The van der Waals surface area contributed by atoms with Crippen LogP contribution >= 0.6 is 0 Å². The van der Waals surface area contributed by atoms with E-state index < -0.39 is 0 Å². The molecular formula is C25H32N6O2. The molecule has 2 aliphatic rings. The number of methoxy groups -OCH3 is 2. The molecule has 0 spiro atoms. The summed E-state index contributed by atoms with van der Waals surface area (Å²) in [5.74, 6) is 2.45. The summed E-state index contributed by atoms with van der Waals surface area (Å²) >= 11 is 0. The summed E-state index contributed by atoms with van der Waals surface area (Å²) in [5.41, 5.74) is 5.28. The van der Waals surface area contributed by atoms with E-state index in [-0.39, 0.29) is 1.43 Å². The molecule has 0 atom stereocenters. The summed E-state index contributed by atoms with van der Waals surface area (Å²) in [7, 11) is 5.30. The number of aromatic nitrogens is 3. The maximum atomic E-state index is 5.56. The molecule has 0 aliphatic carbocycles. The van der Waals surface area contributed by atoms with Crippen molar-refractivity contribution in [3.63, 3.8) is 0 Å². The average Bonchev–Trinajstić information content (AvgIpc) is 3.30. The number of ether oxygens (including phenoxy) is 2. The lowest BCUT2D eigenvalue weighted by Crippen LogP contribution is -2.41. The summed E-state index contributed by atoms with van der Waals surface area (Å²) < 4.78 is 12.9. The molecule has 0 radical (unpaired) electrons. The van der Waals surface area contributed by atoms with Crippen molar-refractivity contribution < 1.29 is 10.9 Å². The van der Waals surface area contributed by atoms with Gasteiger partial charge in [-0.2, -0.15) is 5.10 Å². The van der Waals surface area contributed by atoms with Gasteiger partial charge in [-0.15, -0.1) is 0 Å². The molecule has 174 valence electrons. The van der Waals surface area contributed by atoms with Crippen molar-refractivity contribution in [1.29, 1.82) is 0 Å². The highest BCUT2D eigenvalue weighted by Gasteiger charge is 2.26. The molecule has 0 amide bonds. The number of fused-ring (bicyclic) bond motifs is 1. The van der Waals surface area contributed by atoms with E-state index in [4.69, 9.17) is 14.5 Å². The number of rotatable bonds is 6. The first kappa shape index (κ1) is 21.3. The average molecular weight is 449 g/mol. The van der Waals surface area contributed by atoms with E-state index in [1.54, 1.807) is 14.2 Å². The van der Waals surface area contributed by atoms with Crippen molar-refractivity contribution in [1.82, 2.24) is 20.1 Å². The minimum Gasteiger partial charge on any atom is -0.497 e. The summed E-state index contributed by atoms with van der Waals surface area (Å²) in [6.45, 7) is 2.73. The van der Waals surface area contributed by atoms with Crippen molar-refractivity contribution in [3.8, 4) is 11.5 Å². The first-order chi connectivity index (χ1) is 16.1. The van der Waals surface area contributed by atoms with Crippen molar-refractivity contribution in [2.24, 2.45) is 7.05 Å². The topological polar surface area (TPSA) is 76.5 Å². The molecule has 8 heteroatoms. The van der Waals surface area contributed by atoms with E-state index in [1.165, 1.54) is 5.57 Å². The number of aryl methyl sites for hydroxylation is 1. The Kier molecular flexibility index (Phi) is 5.92. The monoisotopic (exact) mass is 448 g/mol. The maximum absolute atomic E-state index is 5.56. The Morgan fingerprint density at radius 2 is 1.85 bits per heavy atom. The van der Waals surface area contributed by atoms with Crippen LogP contribution in [0, 0.1) is 0 Å². The van der Waals surface area contributed by atoms with Crippen LogP contribution in [0.1, 0.15) is 25.5 Å². The molecular weight excluding hydrogens is 416 g/mol. The van der Waals surface area contributed by atoms with Gasteiger partial charge in [0.2, 0.25) is 0 Å². The van der Waals surface area contributed by atoms with E-state index in [0.29, 0.717) is 6.04 Å². The lowest BCUT2D eigenvalue weighted by molar-refractivity contribution is 0.393. The van der Waals surface area contributed by atoms with E-state index in [0.717, 1.165) is 72.4 Å². The molecule has 0 saturated carbocycles. The lowest BCUT2D eigenvalue weighted by atomic mass is 10.0. The SMILES string of the molecule is COc1cc(OC)cc(N(c2ccc3c(n2)C=C(c2cnn(C)c2)CN3)C2CCNCC2)c1.[HH]. The first-order valence-corrected chi connectivity index (χ1v) is 11.3. The van der Waals surface area contributed by atoms with Gasteiger partial charge in [-0.25, -0.2) is 4.98 Å². The van der Waals surface area contributed by atoms with Gasteiger partial charge in [-0.1, -0.05) is 0 Å². The van der Waals surface area contributed by atoms with Crippen molar-refractivity contribution in [3.05, 3.63) is 54.0 Å². The van der Waals surface area contributed by atoms with Gasteiger partial charge >= 0.3 is 0 Å². The van der Waals surface area contributed by atoms with Crippen molar-refractivity contribution >= 4 is 28.8 Å². The third kappa shape index (κ3) is 4.39. The molecule has 0 bridgehead atoms. The zero-order valence-corrected chi connectivity index (χ0v) is 19.3. The molecule has 1 aromatic carbocycles. The Hall–Kier alpha value is -3.52. The Morgan fingerprint density at radius 3 is 2.52 bits per heavy atom. The van der Waals surface area contributed by atoms with Gasteiger partial charge in [0, 0.05) is 51.0 Å². The molecule has 2 aromatic heterocycles. The van der Waals surface area contributed by atoms with E-state index in [1.807, 2.05) is 30.2 Å². The normalized spacial score (nSPS) is 15.9. The second kappa shape index (κ2) is 9.15. The van der Waals surface area contributed by atoms with Crippen LogP contribution in [-0.2, 0) is 7.05 Å². The summed E-state index contributed by atoms with van der Waals surface area (Å²) in [4.78, 5) is 7.45. The minimum absolute atomic E-state index is 0. The number of piperidine rings is 1. The largest absolute Gasteiger partial charge is 0.497 e. The highest BCUT2D eigenvalue weighted by atomic mass is 16.5. The third-order valence-electron chi connectivity index (χ3n) is 6.30. The van der Waals surface area contributed by atoms with Crippen LogP contribution in [0.4, 0.5) is 17.2 Å². The Labute approximate surface area is 195 Å². The van der Waals surface area contributed by atoms with E-state index in [9.17, 15) is 0 Å². The fraction of sp³-hybridized carbons (Fsp3) is 0.360. The second-order valence-corrected chi connectivity index (χ2v) is 8.45. The van der Waals surface area contributed by atoms with E-state index >= 15 is 0 Å². The van der Waals surface area contributed by atoms with Gasteiger partial charge in [0.15, 0.2) is 0 Å². The Balaban J connectivity index is 0.00000274. The van der Waals surface area contributed by atoms with E-state index in [2.05, 4.69) is 51.0 Å². The minimum atomic E-state index is 0. The van der Waals surface area contributed by atoms with Gasteiger partial charge in [-0.05, 0) is 49.7 Å². The predicted molar refractivity (Wildman–Crippen MR) is 133 cm³/mol. The number of nitrogens with one attached hydrogen (secondary N) is 2. The first-order valence-electron chi connectivity index (χ1n) is 11.3. The van der Waals surface area contributed by atoms with Gasteiger partial charge in [0.05, 0.1) is 37.5 Å². The molecule has 33 heavy (non-hydrogen) atoms. The second-order valence-electron chi connectivity index (χ2n) is 8.45. The van der Waals surface area contributed by atoms with Gasteiger partial charge in [-0.3, -0.25) is 4.68 Å². The summed E-state index contributed by atoms with van der Waals surface area (Å²) in [5, 5.41) is 11.3. The molecule has 2 N–H and O–H groups in total. The third-order valence-corrected chi connectivity index (χ3v) is 6.30. The standard InChI is InChI=1S/C25H30N6O2.H2/c1-30-16-18(15-28-30)17-10-24-23(27-14-17)4-5-25(29-24)31(19-6-8-26-9-7-19)20-11-21(32-2)13-22(12-20)33-3;/h4-5,10-13,15-16,19,26-27H,6-9,14H2,1-3H3;1H. The molecule has 4 heterocycles. The molecule has 0 unspecified atom stereocenters. The summed E-state index contributed by atoms with van der Waals surface area (Å²) in [6, 6.07) is 10.6. The number of pyridine rings is 1. The van der Waals surface area contributed by atoms with Crippen molar-refractivity contribution in [2.45, 2.75) is 18.9 Å². The number of hydrogen-bond donors (Lipinski definition) is 2. The van der Waals surface area contributed by atoms with Gasteiger partial charge in [0.25, 0.3) is 0 Å². The van der Waals surface area contributed by atoms with Crippen LogP contribution in [0.2, 0.25) is 0 Å². The quantitative estimate of drug-likeness (QED) is 0.592. The molecule has 3 aromatic rings. The molecule has 5 rings (SSSR count). The number of nitrogens with zero attached hydrogens (tertiary/aromatic N) is 4. The molecule has 2 aliphatic heterocycles. The van der Waals surface area contributed by atoms with Gasteiger partial charge in [0.1, 0.15) is 17.3 Å². The zero-order valence-electron chi connectivity index (χ0n) is 19.3. The number of benzene rings is 1. The van der Waals surface area contributed by atoms with Crippen LogP contribution in [0.25, 0.3) is 11.6 Å². The Morgan fingerprint density at radius 1 is 1.09 bits per heavy atom. The molecule has 1 fully saturated rings. The number of hydrogen-bond acceptors (Lipinski definition) is 7. The maximum Gasteiger partial charge on any atom is 0.134 e. The number of anilines is 3.